The van der Waals surface area contributed by atoms with Crippen LogP contribution >= 0.6 is 0 Å². The van der Waals surface area contributed by atoms with E-state index in [1.807, 2.05) is 29.2 Å². The molecule has 2 atom stereocenters. The standard InChI is InChI=1S/C21H25N3O2/c1-26-16-21(18-10-6-3-7-11-18)15-22-12-19-23(20(25)14-24(19)21)13-17-8-4-2-5-9-17/h2-11,19,22H,12-16H2,1H3/p+1/t19?,21-/m0/s1. The first-order valence-electron chi connectivity index (χ1n) is 9.21. The molecule has 1 amide bonds. The second-order valence-electron chi connectivity index (χ2n) is 7.17. The van der Waals surface area contributed by atoms with Crippen molar-refractivity contribution in [1.82, 2.24) is 9.80 Å². The van der Waals surface area contributed by atoms with E-state index in [0.29, 0.717) is 19.7 Å². The number of piperazine rings is 1. The minimum absolute atomic E-state index is 0.0896. The van der Waals surface area contributed by atoms with E-state index >= 15 is 0 Å². The quantitative estimate of drug-likeness (QED) is 0.865. The molecule has 0 aliphatic carbocycles. The molecule has 2 aliphatic heterocycles. The lowest BCUT2D eigenvalue weighted by molar-refractivity contribution is -0.686. The molecule has 26 heavy (non-hydrogen) atoms. The Kier molecular flexibility index (Phi) is 4.76. The molecule has 0 saturated carbocycles. The van der Waals surface area contributed by atoms with Crippen LogP contribution in [0.1, 0.15) is 11.1 Å². The molecule has 2 aromatic carbocycles. The van der Waals surface area contributed by atoms with E-state index in [4.69, 9.17) is 4.74 Å². The first kappa shape index (κ1) is 17.2. The van der Waals surface area contributed by atoms with Gasteiger partial charge in [0.2, 0.25) is 5.91 Å². The molecule has 2 aliphatic rings. The lowest BCUT2D eigenvalue weighted by atomic mass is 9.86. The fraction of sp³-hybridized carbons (Fsp3) is 0.381. The Hall–Kier alpha value is -2.21. The predicted octanol–water partition coefficient (Wildman–Crippen LogP) is 0.776. The highest BCUT2D eigenvalue weighted by atomic mass is 16.5. The number of carbonyl (C=O) groups is 1. The molecule has 2 aromatic rings. The van der Waals surface area contributed by atoms with E-state index in [2.05, 4.69) is 46.6 Å². The van der Waals surface area contributed by atoms with Crippen LogP contribution in [-0.2, 0) is 21.6 Å². The second kappa shape index (κ2) is 7.19. The summed E-state index contributed by atoms with van der Waals surface area (Å²) in [6, 6.07) is 20.7. The van der Waals surface area contributed by atoms with Crippen LogP contribution in [0.2, 0.25) is 0 Å². The molecule has 2 heterocycles. The zero-order valence-corrected chi connectivity index (χ0v) is 15.2. The molecule has 5 nitrogen and oxygen atoms in total. The lowest BCUT2D eigenvalue weighted by Crippen LogP contribution is -2.96. The topological polar surface area (TPSA) is 49.4 Å². The number of methoxy groups -OCH3 is 1. The van der Waals surface area contributed by atoms with E-state index in [0.717, 1.165) is 13.1 Å². The number of amides is 1. The van der Waals surface area contributed by atoms with Gasteiger partial charge in [-0.3, -0.25) is 9.69 Å². The van der Waals surface area contributed by atoms with Gasteiger partial charge in [-0.2, -0.15) is 0 Å². The van der Waals surface area contributed by atoms with Crippen LogP contribution in [-0.4, -0.2) is 55.2 Å². The van der Waals surface area contributed by atoms with Crippen LogP contribution < -0.4 is 5.32 Å². The Morgan fingerprint density at radius 2 is 1.81 bits per heavy atom. The van der Waals surface area contributed by atoms with Crippen LogP contribution in [0.4, 0.5) is 0 Å². The summed E-state index contributed by atoms with van der Waals surface area (Å²) in [7, 11) is 1.74. The number of ether oxygens (including phenoxy) is 1. The number of benzene rings is 2. The maximum atomic E-state index is 12.9. The maximum absolute atomic E-state index is 12.9. The summed E-state index contributed by atoms with van der Waals surface area (Å²) in [4.78, 5) is 17.3. The third kappa shape index (κ3) is 2.92. The molecule has 0 bridgehead atoms. The van der Waals surface area contributed by atoms with Crippen molar-refractivity contribution in [3.8, 4) is 0 Å². The van der Waals surface area contributed by atoms with Gasteiger partial charge >= 0.3 is 0 Å². The summed E-state index contributed by atoms with van der Waals surface area (Å²) in [6.07, 6.45) is 0.0896. The molecular weight excluding hydrogens is 326 g/mol. The van der Waals surface area contributed by atoms with Crippen LogP contribution in [0.25, 0.3) is 0 Å². The van der Waals surface area contributed by atoms with Crippen molar-refractivity contribution in [2.75, 3.05) is 33.4 Å². The highest BCUT2D eigenvalue weighted by Gasteiger charge is 2.54. The van der Waals surface area contributed by atoms with Gasteiger partial charge in [-0.25, -0.2) is 0 Å². The zero-order valence-electron chi connectivity index (χ0n) is 15.2. The Labute approximate surface area is 154 Å². The molecule has 4 rings (SSSR count). The van der Waals surface area contributed by atoms with Crippen LogP contribution in [0.5, 0.6) is 0 Å². The van der Waals surface area contributed by atoms with Gasteiger partial charge in [0.15, 0.2) is 0 Å². The number of nitrogens with zero attached hydrogens (tertiary/aromatic N) is 2. The fourth-order valence-corrected chi connectivity index (χ4v) is 4.43. The molecule has 2 fully saturated rings. The molecule has 2 N–H and O–H groups in total. The van der Waals surface area contributed by atoms with Crippen molar-refractivity contribution in [2.45, 2.75) is 18.2 Å². The summed E-state index contributed by atoms with van der Waals surface area (Å²) in [5.41, 5.74) is 2.11. The molecule has 136 valence electrons. The largest absolute Gasteiger partial charge is 0.382 e. The third-order valence-corrected chi connectivity index (χ3v) is 5.64. The van der Waals surface area contributed by atoms with Crippen molar-refractivity contribution in [1.29, 1.82) is 0 Å². The van der Waals surface area contributed by atoms with Gasteiger partial charge in [0.1, 0.15) is 24.8 Å². The average molecular weight is 352 g/mol. The first-order valence-corrected chi connectivity index (χ1v) is 9.21. The second-order valence-corrected chi connectivity index (χ2v) is 7.17. The van der Waals surface area contributed by atoms with E-state index in [1.165, 1.54) is 11.1 Å². The van der Waals surface area contributed by atoms with Gasteiger partial charge in [0, 0.05) is 13.7 Å². The number of hydrogen-bond acceptors (Lipinski definition) is 3. The Morgan fingerprint density at radius 1 is 1.12 bits per heavy atom. The normalized spacial score (nSPS) is 26.1. The highest BCUT2D eigenvalue weighted by molar-refractivity contribution is 5.81. The van der Waals surface area contributed by atoms with Gasteiger partial charge in [0.25, 0.3) is 0 Å². The number of quaternary nitrogens is 1. The van der Waals surface area contributed by atoms with Crippen molar-refractivity contribution in [2.24, 2.45) is 0 Å². The fourth-order valence-electron chi connectivity index (χ4n) is 4.43. The number of hydrogen-bond donors (Lipinski definition) is 1. The van der Waals surface area contributed by atoms with E-state index in [-0.39, 0.29) is 17.6 Å². The molecular formula is C21H26N3O2+. The molecule has 5 heteroatoms. The average Bonchev–Trinajstić information content (AvgIpc) is 3.00. The summed E-state index contributed by atoms with van der Waals surface area (Å²) in [5, 5.41) is 2.32. The first-order chi connectivity index (χ1) is 12.7. The van der Waals surface area contributed by atoms with E-state index in [1.54, 1.807) is 7.11 Å². The number of nitrogens with two attached hydrogens (primary N) is 1. The van der Waals surface area contributed by atoms with Crippen molar-refractivity contribution >= 4 is 5.91 Å². The Morgan fingerprint density at radius 3 is 2.50 bits per heavy atom. The van der Waals surface area contributed by atoms with Crippen LogP contribution in [0.3, 0.4) is 0 Å². The van der Waals surface area contributed by atoms with Crippen molar-refractivity contribution < 1.29 is 14.8 Å². The third-order valence-electron chi connectivity index (χ3n) is 5.64. The van der Waals surface area contributed by atoms with Gasteiger partial charge in [-0.15, -0.1) is 0 Å². The SMILES string of the molecule is COC[C@]1(c2ccccc2)C[NH2+]CC2N(Cc3ccccc3)C(=O)CN21. The number of carbonyl (C=O) groups excluding carboxylic acids is 1. The molecule has 0 aromatic heterocycles. The lowest BCUT2D eigenvalue weighted by Gasteiger charge is -2.46. The molecule has 2 saturated heterocycles. The van der Waals surface area contributed by atoms with Crippen molar-refractivity contribution in [3.05, 3.63) is 71.8 Å². The van der Waals surface area contributed by atoms with Crippen LogP contribution in [0.15, 0.2) is 60.7 Å². The van der Waals surface area contributed by atoms with Gasteiger partial charge < -0.3 is 15.0 Å². The van der Waals surface area contributed by atoms with Crippen molar-refractivity contribution in [3.63, 3.8) is 0 Å². The summed E-state index contributed by atoms with van der Waals surface area (Å²) in [6.45, 7) is 3.48. The number of fused-ring (bicyclic) bond motifs is 1. The minimum Gasteiger partial charge on any atom is -0.382 e. The minimum atomic E-state index is -0.278. The summed E-state index contributed by atoms with van der Waals surface area (Å²) >= 11 is 0. The van der Waals surface area contributed by atoms with Gasteiger partial charge in [0.05, 0.1) is 13.2 Å². The summed E-state index contributed by atoms with van der Waals surface area (Å²) in [5.74, 6) is 0.200. The van der Waals surface area contributed by atoms with Gasteiger partial charge in [-0.05, 0) is 11.1 Å². The van der Waals surface area contributed by atoms with E-state index < -0.39 is 0 Å². The Bertz CT molecular complexity index is 748. The highest BCUT2D eigenvalue weighted by Crippen LogP contribution is 2.35. The smallest absolute Gasteiger partial charge is 0.238 e. The molecule has 1 unspecified atom stereocenters. The monoisotopic (exact) mass is 352 g/mol. The predicted molar refractivity (Wildman–Crippen MR) is 99.1 cm³/mol. The number of rotatable bonds is 5. The van der Waals surface area contributed by atoms with Crippen LogP contribution in [0, 0.1) is 0 Å². The van der Waals surface area contributed by atoms with Gasteiger partial charge in [-0.1, -0.05) is 60.7 Å². The maximum Gasteiger partial charge on any atom is 0.238 e. The Balaban J connectivity index is 1.67. The molecule has 0 spiro atoms. The van der Waals surface area contributed by atoms with E-state index in [9.17, 15) is 4.79 Å². The summed E-state index contributed by atoms with van der Waals surface area (Å²) < 4.78 is 5.64. The molecule has 0 radical (unpaired) electrons. The zero-order chi connectivity index (χ0) is 18.0.